The van der Waals surface area contributed by atoms with Gasteiger partial charge in [-0.2, -0.15) is 0 Å². The molecule has 58 heavy (non-hydrogen) atoms. The third-order valence-electron chi connectivity index (χ3n) is 9.95. The number of fused-ring (bicyclic) bond motifs is 4. The fourth-order valence-electron chi connectivity index (χ4n) is 6.84. The minimum absolute atomic E-state index is 0.109. The number of nitrogens with zero attached hydrogens (tertiary/aromatic N) is 8. The van der Waals surface area contributed by atoms with Crippen LogP contribution in [0.4, 0.5) is 8.78 Å². The largest absolute Gasteiger partial charge is 0.294 e. The average Bonchev–Trinajstić information content (AvgIpc) is 3.27. The van der Waals surface area contributed by atoms with E-state index in [1.807, 2.05) is 66.7 Å². The topological polar surface area (TPSA) is 121 Å². The van der Waals surface area contributed by atoms with Gasteiger partial charge in [-0.05, 0) is 82.2 Å². The van der Waals surface area contributed by atoms with Gasteiger partial charge in [-0.25, -0.2) is 18.7 Å². The Kier molecular flexibility index (Phi) is 9.48. The van der Waals surface area contributed by atoms with Crippen molar-refractivity contribution in [2.75, 3.05) is 0 Å². The van der Waals surface area contributed by atoms with Crippen LogP contribution in [0.5, 0.6) is 0 Å². The Morgan fingerprint density at radius 1 is 0.448 bits per heavy atom. The van der Waals surface area contributed by atoms with E-state index >= 15 is 0 Å². The second kappa shape index (κ2) is 15.3. The zero-order valence-electron chi connectivity index (χ0n) is 30.6. The predicted octanol–water partition coefficient (Wildman–Crippen LogP) is 8.39. The van der Waals surface area contributed by atoms with Crippen molar-refractivity contribution in [3.8, 4) is 22.3 Å². The zero-order valence-corrected chi connectivity index (χ0v) is 30.6. The number of rotatable bonds is 6. The highest BCUT2D eigenvalue weighted by atomic mass is 19.1. The van der Waals surface area contributed by atoms with E-state index in [9.17, 15) is 18.4 Å². The summed E-state index contributed by atoms with van der Waals surface area (Å²) in [7, 11) is 0. The molecule has 6 aromatic heterocycles. The molecule has 0 atom stereocenters. The van der Waals surface area contributed by atoms with Gasteiger partial charge >= 0.3 is 0 Å². The molecule has 4 aromatic carbocycles. The highest BCUT2D eigenvalue weighted by Gasteiger charge is 2.12. The van der Waals surface area contributed by atoms with Crippen LogP contribution >= 0.6 is 0 Å². The minimum Gasteiger partial charge on any atom is -0.294 e. The molecule has 6 heterocycles. The number of hydrogen-bond acceptors (Lipinski definition) is 8. The van der Waals surface area contributed by atoms with Gasteiger partial charge in [0, 0.05) is 52.9 Å². The first-order valence-electron chi connectivity index (χ1n) is 18.2. The number of halogens is 2. The summed E-state index contributed by atoms with van der Waals surface area (Å²) in [6.45, 7) is 0.220. The van der Waals surface area contributed by atoms with Crippen LogP contribution in [0.1, 0.15) is 11.1 Å². The van der Waals surface area contributed by atoms with Crippen LogP contribution in [0.15, 0.2) is 169 Å². The Hall–Kier alpha value is -7.86. The molecule has 0 fully saturated rings. The lowest BCUT2D eigenvalue weighted by Crippen LogP contribution is -2.21. The fourth-order valence-corrected chi connectivity index (χ4v) is 6.84. The van der Waals surface area contributed by atoms with E-state index in [0.29, 0.717) is 32.9 Å². The lowest BCUT2D eigenvalue weighted by atomic mass is 10.0. The Balaban J connectivity index is 0.000000150. The standard InChI is InChI=1S/2C23H15FN4O/c24-21-10-16(15-1-3-18-11-25-7-5-17(18)9-15)2-4-19(21)13-28-14-27-22-12-26-8-6-20(22)23(28)29;24-20-11-16(15-5-6-21-17(10-15)2-1-8-26-21)3-4-18(20)13-28-14-27-22-12-25-9-7-19(22)23(28)29/h2*1-12,14H,13H2. The molecule has 0 bridgehead atoms. The first-order chi connectivity index (χ1) is 28.4. The summed E-state index contributed by atoms with van der Waals surface area (Å²) in [6, 6.07) is 30.9. The van der Waals surface area contributed by atoms with Gasteiger partial charge in [0.2, 0.25) is 0 Å². The van der Waals surface area contributed by atoms with E-state index in [2.05, 4.69) is 29.9 Å². The van der Waals surface area contributed by atoms with Crippen molar-refractivity contribution < 1.29 is 8.78 Å². The molecule has 10 nitrogen and oxygen atoms in total. The van der Waals surface area contributed by atoms with Crippen molar-refractivity contribution in [2.24, 2.45) is 0 Å². The summed E-state index contributed by atoms with van der Waals surface area (Å²) >= 11 is 0. The van der Waals surface area contributed by atoms with E-state index in [0.717, 1.165) is 43.9 Å². The summed E-state index contributed by atoms with van der Waals surface area (Å²) in [5.41, 5.74) is 5.74. The Labute approximate surface area is 328 Å². The normalized spacial score (nSPS) is 11.2. The van der Waals surface area contributed by atoms with Crippen molar-refractivity contribution in [1.29, 1.82) is 0 Å². The van der Waals surface area contributed by atoms with Gasteiger partial charge in [0.25, 0.3) is 11.1 Å². The number of hydrogen-bond donors (Lipinski definition) is 0. The van der Waals surface area contributed by atoms with E-state index in [1.165, 1.54) is 46.3 Å². The number of pyridine rings is 4. The van der Waals surface area contributed by atoms with Gasteiger partial charge in [0.05, 0.1) is 65.5 Å². The highest BCUT2D eigenvalue weighted by molar-refractivity contribution is 5.87. The molecular weight excluding hydrogens is 735 g/mol. The lowest BCUT2D eigenvalue weighted by molar-refractivity contribution is 0.595. The van der Waals surface area contributed by atoms with Crippen LogP contribution in [0.2, 0.25) is 0 Å². The maximum absolute atomic E-state index is 14.8. The van der Waals surface area contributed by atoms with Crippen LogP contribution in [-0.2, 0) is 13.1 Å². The smallest absolute Gasteiger partial charge is 0.261 e. The molecule has 0 amide bonds. The van der Waals surface area contributed by atoms with E-state index in [4.69, 9.17) is 0 Å². The van der Waals surface area contributed by atoms with Crippen molar-refractivity contribution in [3.05, 3.63) is 203 Å². The van der Waals surface area contributed by atoms with Crippen molar-refractivity contribution >= 4 is 43.5 Å². The van der Waals surface area contributed by atoms with Crippen LogP contribution < -0.4 is 11.1 Å². The maximum atomic E-state index is 14.8. The number of aromatic nitrogens is 8. The monoisotopic (exact) mass is 764 g/mol. The molecule has 0 saturated heterocycles. The molecule has 10 aromatic rings. The first kappa shape index (κ1) is 35.8. The van der Waals surface area contributed by atoms with Crippen molar-refractivity contribution in [1.82, 2.24) is 39.0 Å². The van der Waals surface area contributed by atoms with Gasteiger partial charge in [-0.1, -0.05) is 48.5 Å². The van der Waals surface area contributed by atoms with Gasteiger partial charge in [0.15, 0.2) is 0 Å². The minimum atomic E-state index is -0.365. The Morgan fingerprint density at radius 2 is 0.966 bits per heavy atom. The summed E-state index contributed by atoms with van der Waals surface area (Å²) in [6.07, 6.45) is 14.3. The molecule has 0 radical (unpaired) electrons. The predicted molar refractivity (Wildman–Crippen MR) is 220 cm³/mol. The summed E-state index contributed by atoms with van der Waals surface area (Å²) in [5.74, 6) is -0.727. The maximum Gasteiger partial charge on any atom is 0.261 e. The molecule has 12 heteroatoms. The summed E-state index contributed by atoms with van der Waals surface area (Å²) in [5, 5.41) is 4.00. The highest BCUT2D eigenvalue weighted by Crippen LogP contribution is 2.27. The van der Waals surface area contributed by atoms with E-state index in [-0.39, 0.29) is 35.8 Å². The molecule has 0 aliphatic carbocycles. The van der Waals surface area contributed by atoms with Crippen molar-refractivity contribution in [3.63, 3.8) is 0 Å². The Morgan fingerprint density at radius 3 is 1.57 bits per heavy atom. The second-order valence-electron chi connectivity index (χ2n) is 13.6. The molecular formula is C46H30F2N8O2. The van der Waals surface area contributed by atoms with Gasteiger partial charge < -0.3 is 0 Å². The summed E-state index contributed by atoms with van der Waals surface area (Å²) < 4.78 is 32.5. The third kappa shape index (κ3) is 7.17. The van der Waals surface area contributed by atoms with E-state index in [1.54, 1.807) is 55.2 Å². The summed E-state index contributed by atoms with van der Waals surface area (Å²) in [4.78, 5) is 50.1. The first-order valence-corrected chi connectivity index (χ1v) is 18.2. The molecule has 0 saturated carbocycles. The van der Waals surface area contributed by atoms with Crippen LogP contribution in [0.25, 0.3) is 65.7 Å². The van der Waals surface area contributed by atoms with Crippen LogP contribution in [0, 0.1) is 11.6 Å². The third-order valence-corrected chi connectivity index (χ3v) is 9.95. The molecule has 0 N–H and O–H groups in total. The molecule has 0 aliphatic rings. The average molecular weight is 765 g/mol. The number of benzene rings is 4. The van der Waals surface area contributed by atoms with Crippen LogP contribution in [-0.4, -0.2) is 39.0 Å². The second-order valence-corrected chi connectivity index (χ2v) is 13.6. The van der Waals surface area contributed by atoms with Gasteiger partial charge in [-0.3, -0.25) is 38.7 Å². The SMILES string of the molecule is O=c1c2ccncc2ncn1Cc1ccc(-c2ccc3cnccc3c2)cc1F.O=c1c2ccncc2ncn1Cc1ccc(-c2ccc3ncccc3c2)cc1F. The van der Waals surface area contributed by atoms with Crippen LogP contribution in [0.3, 0.4) is 0 Å². The molecule has 0 unspecified atom stereocenters. The van der Waals surface area contributed by atoms with Crippen molar-refractivity contribution in [2.45, 2.75) is 13.1 Å². The van der Waals surface area contributed by atoms with Gasteiger partial charge in [0.1, 0.15) is 11.6 Å². The van der Waals surface area contributed by atoms with Gasteiger partial charge in [-0.15, -0.1) is 0 Å². The molecule has 10 rings (SSSR count). The molecule has 0 aliphatic heterocycles. The molecule has 0 spiro atoms. The molecule has 280 valence electrons. The van der Waals surface area contributed by atoms with E-state index < -0.39 is 0 Å². The lowest BCUT2D eigenvalue weighted by Gasteiger charge is -2.10. The Bertz CT molecular complexity index is 3080. The fraction of sp³-hybridized carbons (Fsp3) is 0.0435. The zero-order chi connectivity index (χ0) is 39.6. The quantitative estimate of drug-likeness (QED) is 0.166.